The third-order valence-corrected chi connectivity index (χ3v) is 12.3. The molecule has 5 rings (SSSR count). The van der Waals surface area contributed by atoms with E-state index in [0.29, 0.717) is 0 Å². The third kappa shape index (κ3) is 7.84. The van der Waals surface area contributed by atoms with Crippen LogP contribution in [0.5, 0.6) is 46.0 Å². The van der Waals surface area contributed by atoms with Gasteiger partial charge >= 0.3 is 0 Å². The molecular formula is C36H40O17S3. The lowest BCUT2D eigenvalue weighted by Crippen LogP contribution is -2.12. The Hall–Kier alpha value is -4.99. The Balaban J connectivity index is 2.03. The van der Waals surface area contributed by atoms with E-state index in [1.54, 1.807) is 6.92 Å². The molecule has 4 aromatic rings. The minimum atomic E-state index is -5.01. The maximum atomic E-state index is 12.2. The lowest BCUT2D eigenvalue weighted by Gasteiger charge is -2.27. The maximum absolute atomic E-state index is 12.2. The Morgan fingerprint density at radius 1 is 0.429 bits per heavy atom. The predicted molar refractivity (Wildman–Crippen MR) is 200 cm³/mol. The third-order valence-electron chi connectivity index (χ3n) is 10.3. The van der Waals surface area contributed by atoms with Gasteiger partial charge in [-0.05, 0) is 41.8 Å². The number of hydrogen-bond donors (Lipinski definition) is 11. The molecule has 304 valence electrons. The van der Waals surface area contributed by atoms with Gasteiger partial charge in [-0.15, -0.1) is 0 Å². The van der Waals surface area contributed by atoms with Crippen molar-refractivity contribution in [2.75, 3.05) is 0 Å². The molecule has 0 unspecified atom stereocenters. The summed E-state index contributed by atoms with van der Waals surface area (Å²) in [5, 5.41) is 91.6. The molecule has 3 atom stereocenters. The molecule has 56 heavy (non-hydrogen) atoms. The first kappa shape index (κ1) is 42.2. The topological polar surface area (TPSA) is 325 Å². The van der Waals surface area contributed by atoms with Crippen LogP contribution in [0.1, 0.15) is 112 Å². The second-order valence-corrected chi connectivity index (χ2v) is 18.3. The maximum Gasteiger partial charge on any atom is 0.269 e. The van der Waals surface area contributed by atoms with Crippen molar-refractivity contribution in [1.82, 2.24) is 0 Å². The zero-order valence-electron chi connectivity index (χ0n) is 30.2. The molecule has 0 fully saturated rings. The molecule has 20 heteroatoms. The van der Waals surface area contributed by atoms with E-state index < -0.39 is 134 Å². The van der Waals surface area contributed by atoms with Crippen molar-refractivity contribution in [3.63, 3.8) is 0 Å². The van der Waals surface area contributed by atoms with Gasteiger partial charge in [0.05, 0.1) is 16.7 Å². The summed E-state index contributed by atoms with van der Waals surface area (Å²) in [7, 11) is -14.9. The van der Waals surface area contributed by atoms with Crippen molar-refractivity contribution in [3.8, 4) is 46.0 Å². The molecule has 0 aromatic heterocycles. The van der Waals surface area contributed by atoms with Crippen molar-refractivity contribution in [2.45, 2.75) is 75.5 Å². The van der Waals surface area contributed by atoms with Crippen LogP contribution < -0.4 is 0 Å². The summed E-state index contributed by atoms with van der Waals surface area (Å²) in [5.41, 5.74) is -3.48. The van der Waals surface area contributed by atoms with Crippen LogP contribution in [-0.4, -0.2) is 79.8 Å². The summed E-state index contributed by atoms with van der Waals surface area (Å²) >= 11 is 0. The number of benzene rings is 4. The second-order valence-electron chi connectivity index (χ2n) is 13.9. The van der Waals surface area contributed by atoms with Crippen LogP contribution in [0.3, 0.4) is 0 Å². The van der Waals surface area contributed by atoms with Crippen LogP contribution in [0.25, 0.3) is 0 Å². The molecule has 0 aliphatic heterocycles. The monoisotopic (exact) mass is 840 g/mol. The van der Waals surface area contributed by atoms with Gasteiger partial charge in [0.1, 0.15) is 63.3 Å². The van der Waals surface area contributed by atoms with Crippen molar-refractivity contribution >= 4 is 30.4 Å². The molecule has 0 saturated heterocycles. The predicted octanol–water partition coefficient (Wildman–Crippen LogP) is 4.42. The summed E-state index contributed by atoms with van der Waals surface area (Å²) in [6, 6.07) is 4.81. The Morgan fingerprint density at radius 2 is 0.661 bits per heavy atom. The molecule has 0 radical (unpaired) electrons. The number of hydrogen-bond acceptors (Lipinski definition) is 14. The molecule has 4 aromatic carbocycles. The van der Waals surface area contributed by atoms with Crippen LogP contribution in [0, 0.1) is 0 Å². The standard InChI is InChI=1S/C36H40O17S3/c1-5-19-29(37)17-6-18-8-21(32(40)26(30(18)38)11-54(45,46)47)15(3)23-10-25(36(44)28(34(23)42)13-56(51,52)53)16(4)24-9-22(14(2)20(7-17)31(19)39)33(41)27(35(24)43)12-55(48,49)50/h7-10,14-16,37-44H,5-6,11-13H2,1-4H3,(H,45,46,47)(H,48,49,50)(H,51,52,53)/t14-,15+,16-/m0/s1. The van der Waals surface area contributed by atoms with E-state index >= 15 is 0 Å². The average molecular weight is 841 g/mol. The Morgan fingerprint density at radius 3 is 0.929 bits per heavy atom. The van der Waals surface area contributed by atoms with Crippen molar-refractivity contribution < 1.29 is 79.8 Å². The highest BCUT2D eigenvalue weighted by atomic mass is 32.2. The number of aromatic hydroxyl groups is 8. The molecule has 1 aliphatic carbocycles. The van der Waals surface area contributed by atoms with Crippen LogP contribution in [0.4, 0.5) is 0 Å². The summed E-state index contributed by atoms with van der Waals surface area (Å²) in [4.78, 5) is 0. The van der Waals surface area contributed by atoms with Gasteiger partial charge in [-0.2, -0.15) is 25.3 Å². The van der Waals surface area contributed by atoms with E-state index in [1.165, 1.54) is 39.0 Å². The van der Waals surface area contributed by atoms with Crippen LogP contribution in [0.2, 0.25) is 0 Å². The summed E-state index contributed by atoms with van der Waals surface area (Å²) in [6.07, 6.45) is -0.443. The van der Waals surface area contributed by atoms with Crippen molar-refractivity contribution in [3.05, 3.63) is 91.0 Å². The number of phenols is 8. The Kier molecular flexibility index (Phi) is 10.9. The highest BCUT2D eigenvalue weighted by Gasteiger charge is 2.34. The molecule has 8 bridgehead atoms. The summed E-state index contributed by atoms with van der Waals surface area (Å²) < 4.78 is 102. The number of fused-ring (bicyclic) bond motifs is 8. The van der Waals surface area contributed by atoms with Crippen LogP contribution in [-0.2, 0) is 60.5 Å². The highest BCUT2D eigenvalue weighted by Crippen LogP contribution is 2.52. The molecule has 0 heterocycles. The van der Waals surface area contributed by atoms with Gasteiger partial charge in [-0.25, -0.2) is 0 Å². The smallest absolute Gasteiger partial charge is 0.269 e. The zero-order valence-corrected chi connectivity index (χ0v) is 32.6. The van der Waals surface area contributed by atoms with Gasteiger partial charge in [0.25, 0.3) is 30.4 Å². The molecule has 17 nitrogen and oxygen atoms in total. The van der Waals surface area contributed by atoms with E-state index in [1.807, 2.05) is 0 Å². The molecule has 0 spiro atoms. The summed E-state index contributed by atoms with van der Waals surface area (Å²) in [5.74, 6) is -14.0. The second kappa shape index (κ2) is 14.5. The van der Waals surface area contributed by atoms with E-state index in [0.717, 1.165) is 6.07 Å². The van der Waals surface area contributed by atoms with E-state index in [9.17, 15) is 79.8 Å². The van der Waals surface area contributed by atoms with Gasteiger partial charge in [0, 0.05) is 63.1 Å². The summed E-state index contributed by atoms with van der Waals surface area (Å²) in [6.45, 7) is 5.75. The average Bonchev–Trinajstić information content (AvgIpc) is 3.07. The van der Waals surface area contributed by atoms with E-state index in [4.69, 9.17) is 0 Å². The molecule has 1 aliphatic rings. The van der Waals surface area contributed by atoms with Crippen LogP contribution in [0.15, 0.2) is 24.3 Å². The normalized spacial score (nSPS) is 17.5. The Bertz CT molecular complexity index is 2630. The fourth-order valence-electron chi connectivity index (χ4n) is 7.39. The quantitative estimate of drug-likeness (QED) is 0.115. The van der Waals surface area contributed by atoms with Gasteiger partial charge in [0.15, 0.2) is 0 Å². The van der Waals surface area contributed by atoms with E-state index in [2.05, 4.69) is 0 Å². The van der Waals surface area contributed by atoms with Crippen molar-refractivity contribution in [1.29, 1.82) is 0 Å². The number of phenolic OH excluding ortho intramolecular Hbond substituents is 8. The fourth-order valence-corrected chi connectivity index (χ4v) is 9.30. The van der Waals surface area contributed by atoms with Crippen molar-refractivity contribution in [2.24, 2.45) is 0 Å². The number of rotatable bonds is 7. The van der Waals surface area contributed by atoms with Gasteiger partial charge in [-0.1, -0.05) is 27.7 Å². The van der Waals surface area contributed by atoms with Gasteiger partial charge in [-0.3, -0.25) is 13.7 Å². The van der Waals surface area contributed by atoms with Gasteiger partial charge < -0.3 is 40.9 Å². The fraction of sp³-hybridized carbons (Fsp3) is 0.333. The first-order valence-electron chi connectivity index (χ1n) is 16.8. The minimum absolute atomic E-state index is 0.00113. The lowest BCUT2D eigenvalue weighted by molar-refractivity contribution is 0.416. The highest BCUT2D eigenvalue weighted by molar-refractivity contribution is 7.85. The largest absolute Gasteiger partial charge is 0.507 e. The Labute approximate surface area is 321 Å². The van der Waals surface area contributed by atoms with Crippen LogP contribution >= 0.6 is 0 Å². The molecule has 0 saturated carbocycles. The molecule has 0 amide bonds. The molecular weight excluding hydrogens is 801 g/mol. The minimum Gasteiger partial charge on any atom is -0.507 e. The van der Waals surface area contributed by atoms with E-state index in [-0.39, 0.29) is 56.5 Å². The first-order chi connectivity index (χ1) is 25.7. The zero-order chi connectivity index (χ0) is 42.1. The van der Waals surface area contributed by atoms with Gasteiger partial charge in [0.2, 0.25) is 0 Å². The molecule has 11 N–H and O–H groups in total. The lowest BCUT2D eigenvalue weighted by atomic mass is 9.80. The first-order valence-corrected chi connectivity index (χ1v) is 21.6. The SMILES string of the molecule is CCc1c(O)c2cc(c1O)[C@H](C)c1cc(c(O)c(CS(=O)(=O)O)c1O)[C@H](C)c1cc(c(O)c(CS(=O)(=O)O)c1O)[C@H](C)c1cc(c(O)c(CS(=O)(=O)O)c1O)C2.